The van der Waals surface area contributed by atoms with Crippen LogP contribution in [0.3, 0.4) is 0 Å². The summed E-state index contributed by atoms with van der Waals surface area (Å²) in [4.78, 5) is 24.3. The van der Waals surface area contributed by atoms with Crippen molar-refractivity contribution in [3.8, 4) is 11.3 Å². The fraction of sp³-hybridized carbons (Fsp3) is 0.294. The second-order valence-electron chi connectivity index (χ2n) is 5.99. The highest BCUT2D eigenvalue weighted by atomic mass is 32.1. The quantitative estimate of drug-likeness (QED) is 0.741. The molecule has 25 heavy (non-hydrogen) atoms. The van der Waals surface area contributed by atoms with Crippen LogP contribution >= 0.6 is 22.7 Å². The Morgan fingerprint density at radius 3 is 2.60 bits per heavy atom. The number of hydrogen-bond donors (Lipinski definition) is 1. The zero-order valence-corrected chi connectivity index (χ0v) is 15.8. The maximum atomic E-state index is 12.3. The van der Waals surface area contributed by atoms with E-state index in [0.717, 1.165) is 33.2 Å². The predicted molar refractivity (Wildman–Crippen MR) is 101 cm³/mol. The van der Waals surface area contributed by atoms with E-state index in [1.807, 2.05) is 45.0 Å². The first-order valence-electron chi connectivity index (χ1n) is 7.82. The summed E-state index contributed by atoms with van der Waals surface area (Å²) in [6, 6.07) is 7.86. The van der Waals surface area contributed by atoms with Gasteiger partial charge in [-0.1, -0.05) is 66.3 Å². The fourth-order valence-electron chi connectivity index (χ4n) is 2.25. The van der Waals surface area contributed by atoms with Crippen LogP contribution in [-0.2, 0) is 11.3 Å². The summed E-state index contributed by atoms with van der Waals surface area (Å²) in [7, 11) is 0. The van der Waals surface area contributed by atoms with Gasteiger partial charge in [0.15, 0.2) is 0 Å². The van der Waals surface area contributed by atoms with E-state index in [0.29, 0.717) is 5.13 Å². The molecule has 3 aromatic rings. The maximum absolute atomic E-state index is 12.3. The molecule has 6 nitrogen and oxygen atoms in total. The molecule has 1 amide bonds. The Bertz CT molecular complexity index is 938. The van der Waals surface area contributed by atoms with Gasteiger partial charge < -0.3 is 0 Å². The van der Waals surface area contributed by atoms with Crippen LogP contribution in [0.25, 0.3) is 11.3 Å². The molecule has 130 valence electrons. The van der Waals surface area contributed by atoms with E-state index >= 15 is 0 Å². The van der Waals surface area contributed by atoms with Gasteiger partial charge in [0.2, 0.25) is 11.0 Å². The molecule has 0 spiro atoms. The van der Waals surface area contributed by atoms with Gasteiger partial charge >= 0.3 is 4.87 Å². The number of rotatable bonds is 5. The molecular weight excluding hydrogens is 356 g/mol. The average molecular weight is 374 g/mol. The van der Waals surface area contributed by atoms with E-state index < -0.39 is 0 Å². The van der Waals surface area contributed by atoms with Gasteiger partial charge in [-0.15, -0.1) is 10.2 Å². The molecule has 0 unspecified atom stereocenters. The van der Waals surface area contributed by atoms with Crippen molar-refractivity contribution in [3.63, 3.8) is 0 Å². The van der Waals surface area contributed by atoms with Crippen molar-refractivity contribution >= 4 is 33.7 Å². The van der Waals surface area contributed by atoms with Crippen molar-refractivity contribution < 1.29 is 4.79 Å². The average Bonchev–Trinajstić information content (AvgIpc) is 3.16. The number of amides is 1. The van der Waals surface area contributed by atoms with Crippen molar-refractivity contribution in [2.45, 2.75) is 33.2 Å². The van der Waals surface area contributed by atoms with Gasteiger partial charge in [-0.25, -0.2) is 0 Å². The third-order valence-electron chi connectivity index (χ3n) is 3.61. The third-order valence-corrected chi connectivity index (χ3v) is 5.51. The van der Waals surface area contributed by atoms with Crippen LogP contribution < -0.4 is 10.2 Å². The molecule has 0 radical (unpaired) electrons. The van der Waals surface area contributed by atoms with Crippen LogP contribution in [0.4, 0.5) is 5.13 Å². The molecule has 0 atom stereocenters. The fourth-order valence-corrected chi connectivity index (χ4v) is 3.78. The van der Waals surface area contributed by atoms with Crippen molar-refractivity contribution in [3.05, 3.63) is 49.9 Å². The number of nitrogens with one attached hydrogen (secondary N) is 1. The number of thiazole rings is 1. The van der Waals surface area contributed by atoms with E-state index in [-0.39, 0.29) is 23.2 Å². The van der Waals surface area contributed by atoms with Gasteiger partial charge in [-0.3, -0.25) is 19.5 Å². The first-order valence-corrected chi connectivity index (χ1v) is 9.52. The second-order valence-corrected chi connectivity index (χ2v) is 7.82. The Morgan fingerprint density at radius 2 is 1.96 bits per heavy atom. The minimum absolute atomic E-state index is 0.0534. The topological polar surface area (TPSA) is 76.9 Å². The Labute approximate surface area is 153 Å². The van der Waals surface area contributed by atoms with Crippen molar-refractivity contribution in [1.82, 2.24) is 14.8 Å². The van der Waals surface area contributed by atoms with Crippen LogP contribution in [-0.4, -0.2) is 20.7 Å². The van der Waals surface area contributed by atoms with Crippen LogP contribution in [0, 0.1) is 6.92 Å². The summed E-state index contributed by atoms with van der Waals surface area (Å²) in [5.41, 5.74) is 2.79. The van der Waals surface area contributed by atoms with Crippen LogP contribution in [0.15, 0.2) is 34.4 Å². The summed E-state index contributed by atoms with van der Waals surface area (Å²) >= 11 is 2.44. The van der Waals surface area contributed by atoms with Gasteiger partial charge in [0, 0.05) is 11.3 Å². The lowest BCUT2D eigenvalue weighted by molar-refractivity contribution is -0.116. The zero-order chi connectivity index (χ0) is 18.0. The second kappa shape index (κ2) is 7.28. The van der Waals surface area contributed by atoms with Gasteiger partial charge in [0.05, 0.1) is 5.69 Å². The number of carbonyl (C=O) groups excluding carboxylic acids is 1. The Morgan fingerprint density at radius 1 is 1.24 bits per heavy atom. The van der Waals surface area contributed by atoms with Crippen molar-refractivity contribution in [2.24, 2.45) is 0 Å². The molecule has 0 fully saturated rings. The number of aromatic nitrogens is 3. The number of benzene rings is 1. The smallest absolute Gasteiger partial charge is 0.299 e. The van der Waals surface area contributed by atoms with Crippen molar-refractivity contribution in [1.29, 1.82) is 0 Å². The molecule has 2 aromatic heterocycles. The SMILES string of the molecule is Cc1ccc(-c2csc(=O)n2CC(=O)Nc2nnc(C(C)C)s2)cc1. The number of anilines is 1. The molecule has 0 aliphatic rings. The molecule has 0 saturated carbocycles. The van der Waals surface area contributed by atoms with Gasteiger partial charge in [0.25, 0.3) is 0 Å². The summed E-state index contributed by atoms with van der Waals surface area (Å²) < 4.78 is 1.48. The third kappa shape index (κ3) is 4.02. The van der Waals surface area contributed by atoms with E-state index in [4.69, 9.17) is 0 Å². The Balaban J connectivity index is 1.78. The van der Waals surface area contributed by atoms with E-state index in [1.54, 1.807) is 5.38 Å². The normalized spacial score (nSPS) is 11.0. The number of nitrogens with zero attached hydrogens (tertiary/aromatic N) is 3. The summed E-state index contributed by atoms with van der Waals surface area (Å²) in [6.45, 7) is 5.99. The zero-order valence-electron chi connectivity index (χ0n) is 14.1. The largest absolute Gasteiger partial charge is 0.308 e. The molecule has 0 saturated heterocycles. The van der Waals surface area contributed by atoms with Crippen LogP contribution in [0.5, 0.6) is 0 Å². The lowest BCUT2D eigenvalue weighted by Crippen LogP contribution is -2.25. The molecule has 1 aromatic carbocycles. The highest BCUT2D eigenvalue weighted by Crippen LogP contribution is 2.23. The molecular formula is C17H18N4O2S2. The molecule has 8 heteroatoms. The monoisotopic (exact) mass is 374 g/mol. The number of aryl methyl sites for hydroxylation is 1. The van der Waals surface area contributed by atoms with E-state index in [1.165, 1.54) is 15.9 Å². The summed E-state index contributed by atoms with van der Waals surface area (Å²) in [5, 5.41) is 13.8. The molecule has 0 bridgehead atoms. The summed E-state index contributed by atoms with van der Waals surface area (Å²) in [6.07, 6.45) is 0. The molecule has 2 heterocycles. The molecule has 1 N–H and O–H groups in total. The van der Waals surface area contributed by atoms with Crippen molar-refractivity contribution in [2.75, 3.05) is 5.32 Å². The predicted octanol–water partition coefficient (Wildman–Crippen LogP) is 3.50. The Kier molecular flexibility index (Phi) is 5.10. The van der Waals surface area contributed by atoms with Gasteiger partial charge in [-0.05, 0) is 12.5 Å². The van der Waals surface area contributed by atoms with Gasteiger partial charge in [0.1, 0.15) is 11.6 Å². The van der Waals surface area contributed by atoms with Crippen LogP contribution in [0.2, 0.25) is 0 Å². The lowest BCUT2D eigenvalue weighted by atomic mass is 10.1. The van der Waals surface area contributed by atoms with Gasteiger partial charge in [-0.2, -0.15) is 0 Å². The van der Waals surface area contributed by atoms with E-state index in [9.17, 15) is 9.59 Å². The highest BCUT2D eigenvalue weighted by molar-refractivity contribution is 7.15. The number of hydrogen-bond acceptors (Lipinski definition) is 6. The van der Waals surface area contributed by atoms with Crippen LogP contribution in [0.1, 0.15) is 30.3 Å². The molecule has 3 rings (SSSR count). The number of carbonyl (C=O) groups is 1. The highest BCUT2D eigenvalue weighted by Gasteiger charge is 2.15. The standard InChI is InChI=1S/C17H18N4O2S2/c1-10(2)15-19-20-16(25-15)18-14(22)8-21-13(9-24-17(21)23)12-6-4-11(3)5-7-12/h4-7,9-10H,8H2,1-3H3,(H,18,20,22). The minimum atomic E-state index is -0.291. The van der Waals surface area contributed by atoms with E-state index in [2.05, 4.69) is 15.5 Å². The molecule has 0 aliphatic heterocycles. The lowest BCUT2D eigenvalue weighted by Gasteiger charge is -2.07. The first-order chi connectivity index (χ1) is 11.9. The Hall–Kier alpha value is -2.32. The summed E-state index contributed by atoms with van der Waals surface area (Å²) in [5.74, 6) is -0.0314. The maximum Gasteiger partial charge on any atom is 0.308 e. The molecule has 0 aliphatic carbocycles. The first kappa shape index (κ1) is 17.5. The minimum Gasteiger partial charge on any atom is -0.299 e.